The Hall–Kier alpha value is -2.55. The summed E-state index contributed by atoms with van der Waals surface area (Å²) in [4.78, 5) is 3.92. The Bertz CT molecular complexity index is 933. The monoisotopic (exact) mass is 336 g/mol. The SMILES string of the molecule is Cn1nncc1CS(=O)(=O)Cc1ncc(-c2ccccc2F)o1. The van der Waals surface area contributed by atoms with E-state index in [2.05, 4.69) is 15.3 Å². The highest BCUT2D eigenvalue weighted by atomic mass is 32.2. The fourth-order valence-corrected chi connectivity index (χ4v) is 3.39. The van der Waals surface area contributed by atoms with E-state index >= 15 is 0 Å². The number of hydrogen-bond acceptors (Lipinski definition) is 6. The third-order valence-corrected chi connectivity index (χ3v) is 4.63. The zero-order chi connectivity index (χ0) is 16.4. The summed E-state index contributed by atoms with van der Waals surface area (Å²) in [6, 6.07) is 6.05. The van der Waals surface area contributed by atoms with Gasteiger partial charge in [0.05, 0.1) is 29.4 Å². The molecule has 0 aliphatic rings. The summed E-state index contributed by atoms with van der Waals surface area (Å²) in [5.74, 6) is -0.867. The summed E-state index contributed by atoms with van der Waals surface area (Å²) >= 11 is 0. The largest absolute Gasteiger partial charge is 0.440 e. The molecule has 1 aromatic carbocycles. The number of hydrogen-bond donors (Lipinski definition) is 0. The lowest BCUT2D eigenvalue weighted by Crippen LogP contribution is -2.11. The van der Waals surface area contributed by atoms with Crippen molar-refractivity contribution < 1.29 is 17.2 Å². The zero-order valence-corrected chi connectivity index (χ0v) is 13.0. The van der Waals surface area contributed by atoms with Crippen LogP contribution in [-0.4, -0.2) is 28.4 Å². The van der Waals surface area contributed by atoms with Crippen LogP contribution >= 0.6 is 0 Å². The van der Waals surface area contributed by atoms with Crippen LogP contribution in [0.5, 0.6) is 0 Å². The Morgan fingerprint density at radius 2 is 2.00 bits per heavy atom. The highest BCUT2D eigenvalue weighted by Crippen LogP contribution is 2.24. The average molecular weight is 336 g/mol. The van der Waals surface area contributed by atoms with Gasteiger partial charge in [-0.3, -0.25) is 4.68 Å². The molecule has 0 saturated heterocycles. The second-order valence-electron chi connectivity index (χ2n) is 4.98. The molecule has 7 nitrogen and oxygen atoms in total. The first-order chi connectivity index (χ1) is 10.9. The van der Waals surface area contributed by atoms with Crippen molar-refractivity contribution in [1.82, 2.24) is 20.0 Å². The predicted molar refractivity (Wildman–Crippen MR) is 79.2 cm³/mol. The molecule has 0 spiro atoms. The van der Waals surface area contributed by atoms with Gasteiger partial charge in [0.15, 0.2) is 15.6 Å². The van der Waals surface area contributed by atoms with Gasteiger partial charge in [0.2, 0.25) is 5.89 Å². The normalized spacial score (nSPS) is 11.7. The van der Waals surface area contributed by atoms with Gasteiger partial charge in [0.1, 0.15) is 11.6 Å². The molecule has 0 N–H and O–H groups in total. The lowest BCUT2D eigenvalue weighted by Gasteiger charge is -2.02. The van der Waals surface area contributed by atoms with E-state index in [0.717, 1.165) is 0 Å². The van der Waals surface area contributed by atoms with Gasteiger partial charge in [-0.25, -0.2) is 17.8 Å². The van der Waals surface area contributed by atoms with E-state index in [4.69, 9.17) is 4.42 Å². The Kier molecular flexibility index (Phi) is 3.95. The van der Waals surface area contributed by atoms with Crippen LogP contribution in [0.1, 0.15) is 11.6 Å². The van der Waals surface area contributed by atoms with E-state index in [9.17, 15) is 12.8 Å². The number of sulfone groups is 1. The lowest BCUT2D eigenvalue weighted by atomic mass is 10.2. The van der Waals surface area contributed by atoms with Gasteiger partial charge in [-0.05, 0) is 12.1 Å². The molecule has 9 heteroatoms. The zero-order valence-electron chi connectivity index (χ0n) is 12.2. The summed E-state index contributed by atoms with van der Waals surface area (Å²) in [7, 11) is -1.90. The van der Waals surface area contributed by atoms with Crippen LogP contribution < -0.4 is 0 Å². The summed E-state index contributed by atoms with van der Waals surface area (Å²) in [6.07, 6.45) is 2.70. The first-order valence-electron chi connectivity index (χ1n) is 6.68. The van der Waals surface area contributed by atoms with Gasteiger partial charge in [0, 0.05) is 7.05 Å². The summed E-state index contributed by atoms with van der Waals surface area (Å²) in [5, 5.41) is 7.32. The Morgan fingerprint density at radius 3 is 2.70 bits per heavy atom. The maximum atomic E-state index is 13.7. The molecule has 0 bridgehead atoms. The topological polar surface area (TPSA) is 90.9 Å². The van der Waals surface area contributed by atoms with Gasteiger partial charge in [-0.2, -0.15) is 0 Å². The van der Waals surface area contributed by atoms with Gasteiger partial charge in [-0.1, -0.05) is 17.3 Å². The summed E-state index contributed by atoms with van der Waals surface area (Å²) < 4.78 is 44.8. The third-order valence-electron chi connectivity index (χ3n) is 3.21. The Balaban J connectivity index is 1.79. The first kappa shape index (κ1) is 15.3. The maximum absolute atomic E-state index is 13.7. The van der Waals surface area contributed by atoms with Crippen molar-refractivity contribution in [1.29, 1.82) is 0 Å². The second-order valence-corrected chi connectivity index (χ2v) is 7.04. The van der Waals surface area contributed by atoms with Crippen LogP contribution in [-0.2, 0) is 28.4 Å². The van der Waals surface area contributed by atoms with E-state index in [0.29, 0.717) is 5.69 Å². The maximum Gasteiger partial charge on any atom is 0.210 e. The molecular weight excluding hydrogens is 323 g/mol. The summed E-state index contributed by atoms with van der Waals surface area (Å²) in [6.45, 7) is 0. The number of halogens is 1. The number of benzene rings is 1. The van der Waals surface area contributed by atoms with E-state index in [1.54, 1.807) is 19.2 Å². The van der Waals surface area contributed by atoms with Crippen LogP contribution in [0.4, 0.5) is 4.39 Å². The van der Waals surface area contributed by atoms with Crippen molar-refractivity contribution in [3.8, 4) is 11.3 Å². The molecule has 2 aromatic heterocycles. The number of aryl methyl sites for hydroxylation is 1. The van der Waals surface area contributed by atoms with Crippen LogP contribution in [0.2, 0.25) is 0 Å². The molecule has 0 aliphatic heterocycles. The van der Waals surface area contributed by atoms with Crippen LogP contribution in [0.3, 0.4) is 0 Å². The van der Waals surface area contributed by atoms with Gasteiger partial charge in [0.25, 0.3) is 0 Å². The predicted octanol–water partition coefficient (Wildman–Crippen LogP) is 1.72. The van der Waals surface area contributed by atoms with Gasteiger partial charge in [-0.15, -0.1) is 5.10 Å². The lowest BCUT2D eigenvalue weighted by molar-refractivity contribution is 0.514. The van der Waals surface area contributed by atoms with E-state index in [-0.39, 0.29) is 28.7 Å². The molecule has 0 atom stereocenters. The van der Waals surface area contributed by atoms with Crippen LogP contribution in [0.25, 0.3) is 11.3 Å². The van der Waals surface area contributed by atoms with Crippen LogP contribution in [0, 0.1) is 5.82 Å². The molecule has 2 heterocycles. The van der Waals surface area contributed by atoms with Crippen molar-refractivity contribution in [3.05, 3.63) is 54.1 Å². The first-order valence-corrected chi connectivity index (χ1v) is 8.50. The molecule has 0 fully saturated rings. The van der Waals surface area contributed by atoms with Crippen molar-refractivity contribution in [2.75, 3.05) is 0 Å². The highest BCUT2D eigenvalue weighted by molar-refractivity contribution is 7.89. The highest BCUT2D eigenvalue weighted by Gasteiger charge is 2.20. The minimum absolute atomic E-state index is 0.0124. The minimum atomic E-state index is -3.51. The molecular formula is C14H13FN4O3S. The van der Waals surface area contributed by atoms with Gasteiger partial charge >= 0.3 is 0 Å². The van der Waals surface area contributed by atoms with Gasteiger partial charge < -0.3 is 4.42 Å². The summed E-state index contributed by atoms with van der Waals surface area (Å²) in [5.41, 5.74) is 0.699. The molecule has 120 valence electrons. The second kappa shape index (κ2) is 5.92. The molecule has 3 aromatic rings. The fourth-order valence-electron chi connectivity index (χ4n) is 2.07. The molecule has 3 rings (SSSR count). The number of nitrogens with zero attached hydrogens (tertiary/aromatic N) is 4. The number of rotatable bonds is 5. The van der Waals surface area contributed by atoms with Crippen molar-refractivity contribution in [3.63, 3.8) is 0 Å². The average Bonchev–Trinajstić information content (AvgIpc) is 3.09. The van der Waals surface area contributed by atoms with Crippen molar-refractivity contribution in [2.24, 2.45) is 7.05 Å². The molecule has 23 heavy (non-hydrogen) atoms. The molecule has 0 aliphatic carbocycles. The van der Waals surface area contributed by atoms with Crippen molar-refractivity contribution in [2.45, 2.75) is 11.5 Å². The molecule has 0 radical (unpaired) electrons. The Morgan fingerprint density at radius 1 is 1.22 bits per heavy atom. The standard InChI is InChI=1S/C14H13FN4O3S/c1-19-10(6-17-18-19)8-23(20,21)9-14-16-7-13(22-14)11-4-2-3-5-12(11)15/h2-7H,8-9H2,1H3. The Labute approximate surface area is 131 Å². The molecule has 0 saturated carbocycles. The quantitative estimate of drug-likeness (QED) is 0.704. The van der Waals surface area contributed by atoms with E-state index in [1.807, 2.05) is 0 Å². The van der Waals surface area contributed by atoms with E-state index in [1.165, 1.54) is 29.2 Å². The number of oxazole rings is 1. The third kappa shape index (κ3) is 3.45. The van der Waals surface area contributed by atoms with Crippen LogP contribution in [0.15, 0.2) is 41.1 Å². The van der Waals surface area contributed by atoms with E-state index < -0.39 is 15.7 Å². The molecule has 0 unspecified atom stereocenters. The fraction of sp³-hybridized carbons (Fsp3) is 0.214. The number of aromatic nitrogens is 4. The molecule has 0 amide bonds. The van der Waals surface area contributed by atoms with Crippen molar-refractivity contribution >= 4 is 9.84 Å². The minimum Gasteiger partial charge on any atom is -0.440 e. The smallest absolute Gasteiger partial charge is 0.210 e.